The summed E-state index contributed by atoms with van der Waals surface area (Å²) in [7, 11) is 0. The Morgan fingerprint density at radius 1 is 1.05 bits per heavy atom. The maximum Gasteiger partial charge on any atom is 0.419 e. The number of benzene rings is 2. The highest BCUT2D eigenvalue weighted by Crippen LogP contribution is 2.29. The number of imidazole rings is 1. The van der Waals surface area contributed by atoms with E-state index in [4.69, 9.17) is 4.74 Å². The number of hydrogen-bond acceptors (Lipinski definition) is 6. The smallest absolute Gasteiger partial charge is 0.419 e. The Balaban J connectivity index is 1.28. The lowest BCUT2D eigenvalue weighted by molar-refractivity contribution is -0.138. The van der Waals surface area contributed by atoms with Crippen molar-refractivity contribution in [1.82, 2.24) is 29.7 Å². The summed E-state index contributed by atoms with van der Waals surface area (Å²) in [6.07, 6.45) is -2.65. The summed E-state index contributed by atoms with van der Waals surface area (Å²) >= 11 is 0. The molecule has 8 nitrogen and oxygen atoms in total. The largest absolute Gasteiger partial charge is 0.424 e. The number of aromatic amines is 1. The van der Waals surface area contributed by atoms with Crippen molar-refractivity contribution in [2.75, 3.05) is 5.32 Å². The summed E-state index contributed by atoms with van der Waals surface area (Å²) in [5, 5.41) is 10.4. The second-order valence-electron chi connectivity index (χ2n) is 8.68. The van der Waals surface area contributed by atoms with Crippen molar-refractivity contribution in [3.63, 3.8) is 0 Å². The molecule has 38 heavy (non-hydrogen) atoms. The van der Waals surface area contributed by atoms with Crippen molar-refractivity contribution >= 4 is 17.0 Å². The number of halogens is 4. The van der Waals surface area contributed by atoms with Gasteiger partial charge in [-0.1, -0.05) is 12.1 Å². The van der Waals surface area contributed by atoms with E-state index in [2.05, 4.69) is 36.5 Å². The molecule has 0 radical (unpaired) electrons. The van der Waals surface area contributed by atoms with Crippen LogP contribution in [0.15, 0.2) is 54.9 Å². The van der Waals surface area contributed by atoms with Crippen LogP contribution < -0.4 is 10.1 Å². The van der Waals surface area contributed by atoms with Crippen molar-refractivity contribution in [3.05, 3.63) is 88.8 Å². The number of aryl methyl sites for hydroxylation is 2. The lowest BCUT2D eigenvalue weighted by Gasteiger charge is -2.11. The summed E-state index contributed by atoms with van der Waals surface area (Å²) < 4.78 is 60.1. The van der Waals surface area contributed by atoms with Crippen molar-refractivity contribution in [2.24, 2.45) is 0 Å². The highest BCUT2D eigenvalue weighted by molar-refractivity contribution is 5.79. The van der Waals surface area contributed by atoms with Gasteiger partial charge >= 0.3 is 12.2 Å². The first-order valence-electron chi connectivity index (χ1n) is 11.8. The van der Waals surface area contributed by atoms with Gasteiger partial charge in [0.25, 0.3) is 0 Å². The standard InChI is InChI=1S/C26H23F4N7O/c1-3-37-23-10-16(9-19-8-15(2)35-36-19)4-7-22(23)34-24(37)31-12-17-5-6-20(11-21(17)27)38-25-32-13-18(14-33-25)26(28,29)30/h4-8,10-11,13-14H,3,9,12H2,1-2H3,(H,31,34)(H,35,36). The number of fused-ring (bicyclic) bond motifs is 1. The van der Waals surface area contributed by atoms with Crippen molar-refractivity contribution in [2.45, 2.75) is 39.5 Å². The van der Waals surface area contributed by atoms with Gasteiger partial charge in [0.2, 0.25) is 5.95 Å². The SMILES string of the molecule is CCn1c(NCc2ccc(Oc3ncc(C(F)(F)F)cn3)cc2F)nc2ccc(Cc3cc(C)[nH]n3)cc21. The Morgan fingerprint density at radius 3 is 2.50 bits per heavy atom. The molecular formula is C26H23F4N7O. The van der Waals surface area contributed by atoms with Crippen LogP contribution in [0.5, 0.6) is 11.8 Å². The summed E-state index contributed by atoms with van der Waals surface area (Å²) in [6.45, 7) is 4.78. The number of nitrogens with one attached hydrogen (secondary N) is 2. The van der Waals surface area contributed by atoms with Crippen LogP contribution in [-0.2, 0) is 25.7 Å². The van der Waals surface area contributed by atoms with Gasteiger partial charge in [0.15, 0.2) is 0 Å². The molecule has 0 saturated heterocycles. The monoisotopic (exact) mass is 525 g/mol. The van der Waals surface area contributed by atoms with E-state index in [-0.39, 0.29) is 18.3 Å². The molecule has 0 unspecified atom stereocenters. The van der Waals surface area contributed by atoms with Crippen LogP contribution in [0.1, 0.15) is 35.0 Å². The number of ether oxygens (including phenoxy) is 1. The minimum Gasteiger partial charge on any atom is -0.424 e. The van der Waals surface area contributed by atoms with E-state index < -0.39 is 17.6 Å². The third-order valence-electron chi connectivity index (χ3n) is 5.90. The second kappa shape index (κ2) is 10.1. The molecule has 2 N–H and O–H groups in total. The van der Waals surface area contributed by atoms with Crippen molar-refractivity contribution in [1.29, 1.82) is 0 Å². The zero-order chi connectivity index (χ0) is 26.9. The van der Waals surface area contributed by atoms with Gasteiger partial charge in [0.1, 0.15) is 11.6 Å². The van der Waals surface area contributed by atoms with Crippen molar-refractivity contribution < 1.29 is 22.3 Å². The molecule has 0 aliphatic carbocycles. The topological polar surface area (TPSA) is 93.5 Å². The number of anilines is 1. The molecule has 12 heteroatoms. The Labute approximate surface area is 214 Å². The lowest BCUT2D eigenvalue weighted by Crippen LogP contribution is -2.08. The first-order chi connectivity index (χ1) is 18.2. The van der Waals surface area contributed by atoms with Crippen LogP contribution in [0.2, 0.25) is 0 Å². The first-order valence-corrected chi connectivity index (χ1v) is 11.8. The number of hydrogen-bond donors (Lipinski definition) is 2. The molecule has 0 fully saturated rings. The summed E-state index contributed by atoms with van der Waals surface area (Å²) in [5.41, 5.74) is 4.19. The fraction of sp³-hybridized carbons (Fsp3) is 0.231. The van der Waals surface area contributed by atoms with Gasteiger partial charge in [-0.05, 0) is 43.7 Å². The molecule has 0 atom stereocenters. The molecular weight excluding hydrogens is 502 g/mol. The van der Waals surface area contributed by atoms with E-state index in [1.807, 2.05) is 36.6 Å². The van der Waals surface area contributed by atoms with E-state index in [9.17, 15) is 17.6 Å². The second-order valence-corrected chi connectivity index (χ2v) is 8.68. The average molecular weight is 526 g/mol. The van der Waals surface area contributed by atoms with Crippen molar-refractivity contribution in [3.8, 4) is 11.8 Å². The van der Waals surface area contributed by atoms with Crippen LogP contribution in [0.4, 0.5) is 23.5 Å². The zero-order valence-corrected chi connectivity index (χ0v) is 20.5. The van der Waals surface area contributed by atoms with Crippen LogP contribution in [-0.4, -0.2) is 29.7 Å². The van der Waals surface area contributed by atoms with Gasteiger partial charge in [-0.2, -0.15) is 18.3 Å². The van der Waals surface area contributed by atoms with E-state index in [1.165, 1.54) is 12.1 Å². The zero-order valence-electron chi connectivity index (χ0n) is 20.5. The average Bonchev–Trinajstić information content (AvgIpc) is 3.45. The molecule has 0 saturated carbocycles. The molecule has 2 aromatic carbocycles. The first kappa shape index (κ1) is 25.2. The predicted molar refractivity (Wildman–Crippen MR) is 132 cm³/mol. The molecule has 5 rings (SSSR count). The number of H-pyrrole nitrogens is 1. The molecule has 0 spiro atoms. The Hall–Kier alpha value is -4.48. The fourth-order valence-electron chi connectivity index (χ4n) is 4.04. The molecule has 0 aliphatic heterocycles. The van der Waals surface area contributed by atoms with E-state index in [0.29, 0.717) is 36.9 Å². The third-order valence-corrected chi connectivity index (χ3v) is 5.90. The Bertz CT molecular complexity index is 1580. The van der Waals surface area contributed by atoms with Crippen LogP contribution in [0.25, 0.3) is 11.0 Å². The quantitative estimate of drug-likeness (QED) is 0.240. The fourth-order valence-corrected chi connectivity index (χ4v) is 4.04. The molecule has 0 bridgehead atoms. The van der Waals surface area contributed by atoms with Gasteiger partial charge in [0.05, 0.1) is 22.3 Å². The van der Waals surface area contributed by atoms with E-state index in [1.54, 1.807) is 0 Å². The van der Waals surface area contributed by atoms with Gasteiger partial charge in [-0.3, -0.25) is 5.10 Å². The number of aromatic nitrogens is 6. The van der Waals surface area contributed by atoms with Crippen LogP contribution in [0, 0.1) is 12.7 Å². The Kier molecular flexibility index (Phi) is 6.70. The minimum atomic E-state index is -4.56. The molecule has 0 aliphatic rings. The minimum absolute atomic E-state index is 0.0615. The number of rotatable bonds is 8. The van der Waals surface area contributed by atoms with Crippen LogP contribution >= 0.6 is 0 Å². The van der Waals surface area contributed by atoms with Crippen LogP contribution in [0.3, 0.4) is 0 Å². The summed E-state index contributed by atoms with van der Waals surface area (Å²) in [6, 6.07) is 11.9. The molecule has 3 aromatic heterocycles. The number of nitrogens with zero attached hydrogens (tertiary/aromatic N) is 5. The normalized spacial score (nSPS) is 11.7. The number of alkyl halides is 3. The predicted octanol–water partition coefficient (Wildman–Crippen LogP) is 6.03. The van der Waals surface area contributed by atoms with Gasteiger partial charge in [-0.25, -0.2) is 19.3 Å². The maximum atomic E-state index is 14.8. The van der Waals surface area contributed by atoms with E-state index >= 15 is 0 Å². The van der Waals surface area contributed by atoms with Gasteiger partial charge in [0, 0.05) is 49.2 Å². The summed E-state index contributed by atoms with van der Waals surface area (Å²) in [5.74, 6) is 0.109. The molecule has 196 valence electrons. The molecule has 5 aromatic rings. The van der Waals surface area contributed by atoms with Gasteiger partial charge in [-0.15, -0.1) is 0 Å². The van der Waals surface area contributed by atoms with Gasteiger partial charge < -0.3 is 14.6 Å². The van der Waals surface area contributed by atoms with E-state index in [0.717, 1.165) is 34.1 Å². The lowest BCUT2D eigenvalue weighted by atomic mass is 10.1. The summed E-state index contributed by atoms with van der Waals surface area (Å²) in [4.78, 5) is 11.7. The third kappa shape index (κ3) is 5.43. The highest BCUT2D eigenvalue weighted by atomic mass is 19.4. The highest BCUT2D eigenvalue weighted by Gasteiger charge is 2.31. The maximum absolute atomic E-state index is 14.8. The molecule has 3 heterocycles. The molecule has 0 amide bonds. The Morgan fingerprint density at radius 2 is 1.84 bits per heavy atom.